The second kappa shape index (κ2) is 15.6. The molecule has 3 aromatic carbocycles. The van der Waals surface area contributed by atoms with Gasteiger partial charge in [-0.2, -0.15) is 0 Å². The first-order chi connectivity index (χ1) is 16.5. The van der Waals surface area contributed by atoms with Crippen LogP contribution in [-0.2, 0) is 6.42 Å². The van der Waals surface area contributed by atoms with E-state index in [9.17, 15) is 0 Å². The second-order valence-corrected chi connectivity index (χ2v) is 8.38. The quantitative estimate of drug-likeness (QED) is 0.227. The van der Waals surface area contributed by atoms with Gasteiger partial charge in [-0.05, 0) is 57.1 Å². The van der Waals surface area contributed by atoms with Gasteiger partial charge in [0.1, 0.15) is 18.1 Å². The van der Waals surface area contributed by atoms with Gasteiger partial charge in [-0.25, -0.2) is 0 Å². The van der Waals surface area contributed by atoms with Crippen LogP contribution in [-0.4, -0.2) is 33.4 Å². The van der Waals surface area contributed by atoms with E-state index in [1.54, 1.807) is 0 Å². The smallest absolute Gasteiger partial charge is 0.121 e. The fourth-order valence-corrected chi connectivity index (χ4v) is 3.13. The number of nitrogens with two attached hydrogens (primary N) is 1. The van der Waals surface area contributed by atoms with Crippen LogP contribution < -0.4 is 25.8 Å². The molecule has 0 amide bonds. The Morgan fingerprint density at radius 3 is 2.03 bits per heavy atom. The molecular weight excluding hydrogens is 422 g/mol. The Bertz CT molecular complexity index is 895. The van der Waals surface area contributed by atoms with E-state index in [2.05, 4.69) is 67.8 Å². The van der Waals surface area contributed by atoms with E-state index in [1.807, 2.05) is 37.4 Å². The van der Waals surface area contributed by atoms with Gasteiger partial charge >= 0.3 is 0 Å². The molecule has 0 atom stereocenters. The Hall–Kier alpha value is -3.18. The van der Waals surface area contributed by atoms with E-state index in [-0.39, 0.29) is 0 Å². The lowest BCUT2D eigenvalue weighted by Gasteiger charge is -2.12. The van der Waals surface area contributed by atoms with E-state index in [0.717, 1.165) is 55.4 Å². The van der Waals surface area contributed by atoms with Gasteiger partial charge < -0.3 is 25.8 Å². The van der Waals surface area contributed by atoms with Crippen LogP contribution >= 0.6 is 0 Å². The van der Waals surface area contributed by atoms with Crippen molar-refractivity contribution in [2.45, 2.75) is 40.0 Å². The molecular formula is C29H41N3O2. The molecule has 0 spiro atoms. The van der Waals surface area contributed by atoms with Gasteiger partial charge in [-0.15, -0.1) is 0 Å². The van der Waals surface area contributed by atoms with Crippen molar-refractivity contribution in [2.75, 3.05) is 44.4 Å². The molecule has 4 N–H and O–H groups in total. The van der Waals surface area contributed by atoms with E-state index in [1.165, 1.54) is 23.1 Å². The number of unbranched alkanes of at least 4 members (excludes halogenated alkanes) is 1. The van der Waals surface area contributed by atoms with Crippen molar-refractivity contribution in [3.63, 3.8) is 0 Å². The number of anilines is 2. The largest absolute Gasteiger partial charge is 0.493 e. The summed E-state index contributed by atoms with van der Waals surface area (Å²) in [6, 6.07) is 22.5. The zero-order valence-corrected chi connectivity index (χ0v) is 21.2. The highest BCUT2D eigenvalue weighted by molar-refractivity contribution is 5.68. The van der Waals surface area contributed by atoms with E-state index in [4.69, 9.17) is 15.2 Å². The molecule has 34 heavy (non-hydrogen) atoms. The highest BCUT2D eigenvalue weighted by Crippen LogP contribution is 2.24. The van der Waals surface area contributed by atoms with Crippen molar-refractivity contribution in [3.8, 4) is 11.5 Å². The van der Waals surface area contributed by atoms with Gasteiger partial charge in [0.25, 0.3) is 0 Å². The number of rotatable bonds is 12. The molecule has 5 heteroatoms. The van der Waals surface area contributed by atoms with Gasteiger partial charge in [-0.1, -0.05) is 60.9 Å². The lowest BCUT2D eigenvalue weighted by molar-refractivity contribution is 0.318. The molecule has 3 aromatic rings. The van der Waals surface area contributed by atoms with Crippen LogP contribution in [0.1, 0.15) is 36.5 Å². The molecule has 0 heterocycles. The maximum Gasteiger partial charge on any atom is 0.121 e. The van der Waals surface area contributed by atoms with Gasteiger partial charge in [0.2, 0.25) is 0 Å². The number of hydrogen-bond donors (Lipinski definition) is 3. The van der Waals surface area contributed by atoms with Crippen molar-refractivity contribution in [1.82, 2.24) is 5.32 Å². The Balaban J connectivity index is 0.000000240. The third kappa shape index (κ3) is 10.6. The van der Waals surface area contributed by atoms with Crippen molar-refractivity contribution in [2.24, 2.45) is 0 Å². The van der Waals surface area contributed by atoms with Crippen LogP contribution in [0.5, 0.6) is 11.5 Å². The minimum absolute atomic E-state index is 0.662. The third-order valence-electron chi connectivity index (χ3n) is 5.29. The molecule has 5 nitrogen and oxygen atoms in total. The van der Waals surface area contributed by atoms with Crippen LogP contribution in [0.15, 0.2) is 66.7 Å². The Morgan fingerprint density at radius 2 is 1.38 bits per heavy atom. The van der Waals surface area contributed by atoms with Crippen molar-refractivity contribution in [3.05, 3.63) is 83.4 Å². The number of hydrogen-bond acceptors (Lipinski definition) is 5. The lowest BCUT2D eigenvalue weighted by Crippen LogP contribution is -2.16. The fraction of sp³-hybridized carbons (Fsp3) is 0.379. The summed E-state index contributed by atoms with van der Waals surface area (Å²) < 4.78 is 11.3. The highest BCUT2D eigenvalue weighted by atomic mass is 16.5. The maximum atomic E-state index is 5.90. The number of likely N-dealkylation sites (N-methyl/N-ethyl adjacent to an activating group) is 1. The van der Waals surface area contributed by atoms with E-state index >= 15 is 0 Å². The van der Waals surface area contributed by atoms with E-state index in [0.29, 0.717) is 6.61 Å². The molecule has 0 aliphatic carbocycles. The minimum Gasteiger partial charge on any atom is -0.493 e. The lowest BCUT2D eigenvalue weighted by atomic mass is 10.1. The van der Waals surface area contributed by atoms with Crippen LogP contribution in [0.25, 0.3) is 0 Å². The first-order valence-electron chi connectivity index (χ1n) is 12.2. The van der Waals surface area contributed by atoms with Gasteiger partial charge in [0.15, 0.2) is 0 Å². The Morgan fingerprint density at radius 1 is 0.765 bits per heavy atom. The molecule has 0 bridgehead atoms. The second-order valence-electron chi connectivity index (χ2n) is 8.38. The zero-order valence-electron chi connectivity index (χ0n) is 21.2. The molecule has 0 aliphatic rings. The molecule has 0 saturated carbocycles. The summed E-state index contributed by atoms with van der Waals surface area (Å²) in [5.74, 6) is 1.80. The average Bonchev–Trinajstić information content (AvgIpc) is 2.84. The Kier molecular flexibility index (Phi) is 12.4. The predicted octanol–water partition coefficient (Wildman–Crippen LogP) is 6.00. The molecule has 3 rings (SSSR count). The summed E-state index contributed by atoms with van der Waals surface area (Å²) in [6.45, 7) is 9.52. The van der Waals surface area contributed by atoms with E-state index < -0.39 is 0 Å². The predicted molar refractivity (Wildman–Crippen MR) is 145 cm³/mol. The summed E-state index contributed by atoms with van der Waals surface area (Å²) in [6.07, 6.45) is 3.27. The average molecular weight is 464 g/mol. The van der Waals surface area contributed by atoms with Gasteiger partial charge in [0, 0.05) is 25.6 Å². The molecule has 0 aromatic heterocycles. The molecule has 184 valence electrons. The summed E-state index contributed by atoms with van der Waals surface area (Å²) in [7, 11) is 1.91. The monoisotopic (exact) mass is 463 g/mol. The topological polar surface area (TPSA) is 68.5 Å². The van der Waals surface area contributed by atoms with Crippen LogP contribution in [0, 0.1) is 13.8 Å². The number of benzene rings is 3. The van der Waals surface area contributed by atoms with Gasteiger partial charge in [0.05, 0.1) is 18.0 Å². The van der Waals surface area contributed by atoms with Crippen molar-refractivity contribution < 1.29 is 9.47 Å². The maximum absolute atomic E-state index is 5.90. The molecule has 0 unspecified atom stereocenters. The molecule has 0 fully saturated rings. The zero-order chi connectivity index (χ0) is 24.6. The Labute approximate surface area is 205 Å². The molecule has 0 aliphatic heterocycles. The molecule has 0 saturated heterocycles. The first kappa shape index (κ1) is 27.1. The summed E-state index contributed by atoms with van der Waals surface area (Å²) in [4.78, 5) is 0. The SMILES string of the molecule is CCCCNc1cc(OCCNC)ccc1N.Cc1ccc(CCOc2ccc(C)cc2)cc1. The van der Waals surface area contributed by atoms with Crippen molar-refractivity contribution in [1.29, 1.82) is 0 Å². The number of aryl methyl sites for hydroxylation is 2. The number of ether oxygens (including phenoxy) is 2. The van der Waals surface area contributed by atoms with Crippen LogP contribution in [0.2, 0.25) is 0 Å². The van der Waals surface area contributed by atoms with Crippen LogP contribution in [0.3, 0.4) is 0 Å². The summed E-state index contributed by atoms with van der Waals surface area (Å²) >= 11 is 0. The third-order valence-corrected chi connectivity index (χ3v) is 5.29. The summed E-state index contributed by atoms with van der Waals surface area (Å²) in [5, 5.41) is 6.36. The summed E-state index contributed by atoms with van der Waals surface area (Å²) in [5.41, 5.74) is 11.5. The van der Waals surface area contributed by atoms with Crippen molar-refractivity contribution >= 4 is 11.4 Å². The van der Waals surface area contributed by atoms with Crippen LogP contribution in [0.4, 0.5) is 11.4 Å². The number of nitrogen functional groups attached to an aromatic ring is 1. The number of nitrogens with one attached hydrogen (secondary N) is 2. The first-order valence-corrected chi connectivity index (χ1v) is 12.2. The standard InChI is InChI=1S/C16H18O.C13H23N3O/c1-13-3-7-15(8-4-13)11-12-17-16-9-5-14(2)6-10-16;1-3-4-7-16-13-10-11(5-6-12(13)14)17-9-8-15-2/h3-10H,11-12H2,1-2H3;5-6,10,15-16H,3-4,7-9,14H2,1-2H3. The minimum atomic E-state index is 0.662. The normalized spacial score (nSPS) is 10.2. The highest BCUT2D eigenvalue weighted by Gasteiger charge is 2.01. The van der Waals surface area contributed by atoms with Gasteiger partial charge in [-0.3, -0.25) is 0 Å². The molecule has 0 radical (unpaired) electrons. The fourth-order valence-electron chi connectivity index (χ4n) is 3.13.